The van der Waals surface area contributed by atoms with Crippen molar-refractivity contribution in [1.29, 1.82) is 0 Å². The minimum atomic E-state index is 0. The van der Waals surface area contributed by atoms with Crippen LogP contribution in [-0.4, -0.2) is 54.9 Å². The summed E-state index contributed by atoms with van der Waals surface area (Å²) in [7, 11) is 7.83. The van der Waals surface area contributed by atoms with Crippen LogP contribution in [0.3, 0.4) is 0 Å². The van der Waals surface area contributed by atoms with E-state index < -0.39 is 0 Å². The lowest BCUT2D eigenvalue weighted by atomic mass is 10.1. The number of hydrogen-bond donors (Lipinski definition) is 2. The van der Waals surface area contributed by atoms with Gasteiger partial charge in [-0.25, -0.2) is 4.99 Å². The summed E-state index contributed by atoms with van der Waals surface area (Å²) in [5.74, 6) is 1.67. The Morgan fingerprint density at radius 1 is 1.28 bits per heavy atom. The molecule has 0 saturated carbocycles. The van der Waals surface area contributed by atoms with Crippen LogP contribution in [0.25, 0.3) is 0 Å². The van der Waals surface area contributed by atoms with Gasteiger partial charge in [0, 0.05) is 31.4 Å². The quantitative estimate of drug-likeness (QED) is 0.322. The number of likely N-dealkylation sites (N-methyl/N-ethyl adjacent to an activating group) is 1. The summed E-state index contributed by atoms with van der Waals surface area (Å²) in [6.45, 7) is 8.33. The zero-order chi connectivity index (χ0) is 20.7. The highest BCUT2D eigenvalue weighted by Crippen LogP contribution is 2.22. The van der Waals surface area contributed by atoms with Crippen molar-refractivity contribution in [2.75, 3.05) is 34.3 Å². The Balaban J connectivity index is 0.00000420. The van der Waals surface area contributed by atoms with Crippen molar-refractivity contribution in [3.63, 3.8) is 0 Å². The summed E-state index contributed by atoms with van der Waals surface area (Å²) in [5, 5.41) is 11.3. The molecule has 0 saturated heterocycles. The molecular weight excluding hydrogens is 479 g/mol. The molecule has 8 heteroatoms. The normalized spacial score (nSPS) is 12.5. The monoisotopic (exact) mass is 514 g/mol. The van der Waals surface area contributed by atoms with Crippen molar-refractivity contribution >= 4 is 29.9 Å². The fourth-order valence-corrected chi connectivity index (χ4v) is 3.19. The van der Waals surface area contributed by atoms with Gasteiger partial charge in [-0.2, -0.15) is 5.10 Å². The van der Waals surface area contributed by atoms with Crippen LogP contribution < -0.4 is 15.4 Å². The number of methoxy groups -OCH3 is 1. The summed E-state index contributed by atoms with van der Waals surface area (Å²) in [4.78, 5) is 6.97. The first kappa shape index (κ1) is 25.2. The van der Waals surface area contributed by atoms with E-state index in [-0.39, 0.29) is 30.0 Å². The molecule has 0 aliphatic rings. The second-order valence-electron chi connectivity index (χ2n) is 7.11. The van der Waals surface area contributed by atoms with Crippen LogP contribution in [-0.2, 0) is 13.6 Å². The lowest BCUT2D eigenvalue weighted by Gasteiger charge is -2.26. The first-order valence-corrected chi connectivity index (χ1v) is 9.69. The standard InChI is InChI=1S/C21H34N6O.HI/c1-8-22-21(23-13-19-15(2)25-27(6)16(19)3)24-14-20(26(4)5)17-10-9-11-18(12-17)28-7;/h9-12,20H,8,13-14H2,1-7H3,(H2,22,23,24);1H. The van der Waals surface area contributed by atoms with Gasteiger partial charge < -0.3 is 20.3 Å². The van der Waals surface area contributed by atoms with Crippen LogP contribution in [0.1, 0.15) is 35.5 Å². The van der Waals surface area contributed by atoms with E-state index in [0.29, 0.717) is 6.54 Å². The van der Waals surface area contributed by atoms with Gasteiger partial charge in [0.15, 0.2) is 5.96 Å². The SMILES string of the molecule is CCNC(=NCc1c(C)nn(C)c1C)NCC(c1cccc(OC)c1)N(C)C.I. The average Bonchev–Trinajstić information content (AvgIpc) is 2.91. The van der Waals surface area contributed by atoms with E-state index in [1.54, 1.807) is 7.11 Å². The Labute approximate surface area is 191 Å². The first-order chi connectivity index (χ1) is 13.4. The number of aliphatic imine (C=N–C) groups is 1. The minimum absolute atomic E-state index is 0. The van der Waals surface area contributed by atoms with Crippen molar-refractivity contribution in [1.82, 2.24) is 25.3 Å². The molecule has 1 aromatic heterocycles. The fraction of sp³-hybridized carbons (Fsp3) is 0.524. The third kappa shape index (κ3) is 6.88. The van der Waals surface area contributed by atoms with Crippen LogP contribution in [0, 0.1) is 13.8 Å². The molecule has 0 spiro atoms. The molecule has 0 fully saturated rings. The summed E-state index contributed by atoms with van der Waals surface area (Å²) in [5.41, 5.74) is 4.56. The molecule has 1 aromatic carbocycles. The van der Waals surface area contributed by atoms with E-state index in [4.69, 9.17) is 9.73 Å². The summed E-state index contributed by atoms with van der Waals surface area (Å²) in [6, 6.07) is 8.40. The molecule has 1 atom stereocenters. The molecule has 162 valence electrons. The van der Waals surface area contributed by atoms with Gasteiger partial charge in [0.25, 0.3) is 0 Å². The minimum Gasteiger partial charge on any atom is -0.497 e. The van der Waals surface area contributed by atoms with E-state index >= 15 is 0 Å². The summed E-state index contributed by atoms with van der Waals surface area (Å²) in [6.07, 6.45) is 0. The molecule has 2 aromatic rings. The second kappa shape index (κ2) is 12.0. The Kier molecular flexibility index (Phi) is 10.5. The zero-order valence-electron chi connectivity index (χ0n) is 18.6. The van der Waals surface area contributed by atoms with Gasteiger partial charge in [-0.1, -0.05) is 12.1 Å². The third-order valence-electron chi connectivity index (χ3n) is 4.96. The van der Waals surface area contributed by atoms with E-state index in [1.165, 1.54) is 11.1 Å². The van der Waals surface area contributed by atoms with Crippen LogP contribution in [0.15, 0.2) is 29.3 Å². The number of halogens is 1. The number of benzene rings is 1. The van der Waals surface area contributed by atoms with Crippen molar-refractivity contribution in [2.24, 2.45) is 12.0 Å². The number of aryl methyl sites for hydroxylation is 2. The van der Waals surface area contributed by atoms with E-state index in [0.717, 1.165) is 36.2 Å². The lowest BCUT2D eigenvalue weighted by Crippen LogP contribution is -2.41. The predicted octanol–water partition coefficient (Wildman–Crippen LogP) is 3.02. The third-order valence-corrected chi connectivity index (χ3v) is 4.96. The molecule has 29 heavy (non-hydrogen) atoms. The van der Waals surface area contributed by atoms with Gasteiger partial charge in [-0.05, 0) is 52.6 Å². The maximum atomic E-state index is 5.38. The number of aromatic nitrogens is 2. The van der Waals surface area contributed by atoms with Crippen molar-refractivity contribution in [2.45, 2.75) is 33.4 Å². The molecule has 2 N–H and O–H groups in total. The van der Waals surface area contributed by atoms with Gasteiger partial charge in [0.1, 0.15) is 5.75 Å². The van der Waals surface area contributed by atoms with Crippen LogP contribution in [0.4, 0.5) is 0 Å². The van der Waals surface area contributed by atoms with Gasteiger partial charge in [0.05, 0.1) is 25.4 Å². The summed E-state index contributed by atoms with van der Waals surface area (Å²) >= 11 is 0. The highest BCUT2D eigenvalue weighted by Gasteiger charge is 2.16. The van der Waals surface area contributed by atoms with Gasteiger partial charge in [-0.3, -0.25) is 4.68 Å². The van der Waals surface area contributed by atoms with Crippen molar-refractivity contribution < 1.29 is 4.74 Å². The average molecular weight is 514 g/mol. The van der Waals surface area contributed by atoms with Gasteiger partial charge in [0.2, 0.25) is 0 Å². The van der Waals surface area contributed by atoms with Crippen LogP contribution >= 0.6 is 24.0 Å². The number of hydrogen-bond acceptors (Lipinski definition) is 4. The van der Waals surface area contributed by atoms with E-state index in [1.807, 2.05) is 30.8 Å². The molecule has 1 heterocycles. The molecule has 2 rings (SSSR count). The number of rotatable bonds is 8. The highest BCUT2D eigenvalue weighted by atomic mass is 127. The lowest BCUT2D eigenvalue weighted by molar-refractivity contribution is 0.297. The smallest absolute Gasteiger partial charge is 0.191 e. The van der Waals surface area contributed by atoms with Gasteiger partial charge in [-0.15, -0.1) is 24.0 Å². The fourth-order valence-electron chi connectivity index (χ4n) is 3.19. The van der Waals surface area contributed by atoms with E-state index in [2.05, 4.69) is 60.7 Å². The van der Waals surface area contributed by atoms with Crippen molar-refractivity contribution in [3.8, 4) is 5.75 Å². The molecule has 0 bridgehead atoms. The Hall–Kier alpha value is -1.81. The molecule has 0 radical (unpaired) electrons. The molecule has 7 nitrogen and oxygen atoms in total. The topological polar surface area (TPSA) is 66.7 Å². The molecular formula is C21H35IN6O. The molecule has 0 aliphatic heterocycles. The maximum Gasteiger partial charge on any atom is 0.191 e. The molecule has 1 unspecified atom stereocenters. The number of nitrogens with one attached hydrogen (secondary N) is 2. The second-order valence-corrected chi connectivity index (χ2v) is 7.11. The Morgan fingerprint density at radius 2 is 2.00 bits per heavy atom. The summed E-state index contributed by atoms with van der Waals surface area (Å²) < 4.78 is 7.29. The first-order valence-electron chi connectivity index (χ1n) is 9.69. The largest absolute Gasteiger partial charge is 0.497 e. The molecule has 0 aliphatic carbocycles. The van der Waals surface area contributed by atoms with Crippen LogP contribution in [0.5, 0.6) is 5.75 Å². The number of ether oxygens (including phenoxy) is 1. The predicted molar refractivity (Wildman–Crippen MR) is 130 cm³/mol. The van der Waals surface area contributed by atoms with Gasteiger partial charge >= 0.3 is 0 Å². The Bertz CT molecular complexity index is 802. The number of guanidine groups is 1. The maximum absolute atomic E-state index is 5.38. The highest BCUT2D eigenvalue weighted by molar-refractivity contribution is 14.0. The van der Waals surface area contributed by atoms with Crippen molar-refractivity contribution in [3.05, 3.63) is 46.8 Å². The molecule has 0 amide bonds. The van der Waals surface area contributed by atoms with Crippen LogP contribution in [0.2, 0.25) is 0 Å². The van der Waals surface area contributed by atoms with E-state index in [9.17, 15) is 0 Å². The zero-order valence-corrected chi connectivity index (χ0v) is 20.9. The Morgan fingerprint density at radius 3 is 2.55 bits per heavy atom. The number of nitrogens with zero attached hydrogens (tertiary/aromatic N) is 4.